The second-order valence-electron chi connectivity index (χ2n) is 6.77. The molecule has 1 aliphatic carbocycles. The minimum Gasteiger partial charge on any atom is -0.379 e. The monoisotopic (exact) mass is 358 g/mol. The lowest BCUT2D eigenvalue weighted by molar-refractivity contribution is 0.0720. The van der Waals surface area contributed by atoms with Crippen LogP contribution in [0.2, 0.25) is 0 Å². The topological polar surface area (TPSA) is 92.6 Å². The molecule has 1 aromatic rings. The first-order valence-electron chi connectivity index (χ1n) is 8.25. The van der Waals surface area contributed by atoms with Crippen molar-refractivity contribution in [3.8, 4) is 0 Å². The summed E-state index contributed by atoms with van der Waals surface area (Å²) in [6, 6.07) is -0.0307. The van der Waals surface area contributed by atoms with Crippen molar-refractivity contribution in [2.75, 3.05) is 40.4 Å². The highest BCUT2D eigenvalue weighted by atomic mass is 32.2. The summed E-state index contributed by atoms with van der Waals surface area (Å²) in [4.78, 5) is 2.05. The Kier molecular flexibility index (Phi) is 5.21. The largest absolute Gasteiger partial charge is 0.379 e. The molecular weight excluding hydrogens is 332 g/mol. The number of hydrogen-bond acceptors (Lipinski definition) is 6. The number of rotatable bonds is 6. The Labute approximate surface area is 143 Å². The number of ether oxygens (including phenoxy) is 1. The van der Waals surface area contributed by atoms with Crippen LogP contribution in [0.15, 0.2) is 0 Å². The second-order valence-corrected chi connectivity index (χ2v) is 8.47. The molecule has 9 nitrogen and oxygen atoms in total. The van der Waals surface area contributed by atoms with Crippen LogP contribution in [0.3, 0.4) is 0 Å². The van der Waals surface area contributed by atoms with Gasteiger partial charge in [-0.3, -0.25) is 0 Å². The van der Waals surface area contributed by atoms with Crippen LogP contribution in [0, 0.1) is 0 Å². The molecule has 1 saturated heterocycles. The molecule has 0 atom stereocenters. The molecule has 136 valence electrons. The molecule has 3 rings (SSSR count). The molecule has 10 heteroatoms. The minimum absolute atomic E-state index is 0.0307. The van der Waals surface area contributed by atoms with Crippen molar-refractivity contribution < 1.29 is 13.2 Å². The maximum absolute atomic E-state index is 12.3. The van der Waals surface area contributed by atoms with Crippen LogP contribution in [0.25, 0.3) is 0 Å². The van der Waals surface area contributed by atoms with Crippen molar-refractivity contribution in [1.82, 2.24) is 28.7 Å². The highest BCUT2D eigenvalue weighted by Gasteiger charge is 2.37. The lowest BCUT2D eigenvalue weighted by Crippen LogP contribution is -2.52. The van der Waals surface area contributed by atoms with Crippen molar-refractivity contribution in [2.24, 2.45) is 7.05 Å². The molecule has 1 saturated carbocycles. The molecular formula is C14H26N6O3S. The maximum atomic E-state index is 12.3. The smallest absolute Gasteiger partial charge is 0.279 e. The van der Waals surface area contributed by atoms with E-state index in [0.29, 0.717) is 26.3 Å². The van der Waals surface area contributed by atoms with E-state index in [9.17, 15) is 8.42 Å². The maximum Gasteiger partial charge on any atom is 0.279 e. The molecule has 0 bridgehead atoms. The quantitative estimate of drug-likeness (QED) is 0.722. The van der Waals surface area contributed by atoms with Crippen LogP contribution in [-0.2, 0) is 28.5 Å². The zero-order valence-electron chi connectivity index (χ0n) is 14.5. The molecule has 0 spiro atoms. The first-order chi connectivity index (χ1) is 11.4. The highest BCUT2D eigenvalue weighted by Crippen LogP contribution is 2.36. The molecule has 2 heterocycles. The Morgan fingerprint density at radius 1 is 1.25 bits per heavy atom. The van der Waals surface area contributed by atoms with Crippen LogP contribution >= 0.6 is 0 Å². The van der Waals surface area contributed by atoms with Crippen molar-refractivity contribution in [2.45, 2.75) is 31.3 Å². The molecule has 2 aliphatic rings. The van der Waals surface area contributed by atoms with Gasteiger partial charge in [0.15, 0.2) is 0 Å². The van der Waals surface area contributed by atoms with E-state index in [0.717, 1.165) is 31.0 Å². The van der Waals surface area contributed by atoms with E-state index in [4.69, 9.17) is 4.74 Å². The van der Waals surface area contributed by atoms with Gasteiger partial charge in [0.1, 0.15) is 11.6 Å². The predicted molar refractivity (Wildman–Crippen MR) is 88.6 cm³/mol. The lowest BCUT2D eigenvalue weighted by atomic mass is 9.80. The van der Waals surface area contributed by atoms with Gasteiger partial charge in [0.25, 0.3) is 10.2 Å². The summed E-state index contributed by atoms with van der Waals surface area (Å²) in [7, 11) is 2.54. The van der Waals surface area contributed by atoms with E-state index < -0.39 is 10.2 Å². The summed E-state index contributed by atoms with van der Waals surface area (Å²) in [5.41, 5.74) is 0. The number of morpholine rings is 1. The van der Waals surface area contributed by atoms with Crippen LogP contribution in [0.5, 0.6) is 0 Å². The van der Waals surface area contributed by atoms with Gasteiger partial charge >= 0.3 is 0 Å². The van der Waals surface area contributed by atoms with E-state index in [1.807, 2.05) is 30.6 Å². The van der Waals surface area contributed by atoms with Gasteiger partial charge < -0.3 is 14.2 Å². The van der Waals surface area contributed by atoms with Gasteiger partial charge in [-0.2, -0.15) is 17.4 Å². The summed E-state index contributed by atoms with van der Waals surface area (Å²) < 4.78 is 36.2. The van der Waals surface area contributed by atoms with Crippen LogP contribution in [-0.4, -0.2) is 78.8 Å². The van der Waals surface area contributed by atoms with Gasteiger partial charge in [-0.05, 0) is 26.9 Å². The fourth-order valence-electron chi connectivity index (χ4n) is 3.15. The normalized spacial score (nSPS) is 25.8. The highest BCUT2D eigenvalue weighted by molar-refractivity contribution is 7.87. The molecule has 0 radical (unpaired) electrons. The van der Waals surface area contributed by atoms with Gasteiger partial charge in [-0.25, -0.2) is 0 Å². The third-order valence-corrected chi connectivity index (χ3v) is 6.26. The van der Waals surface area contributed by atoms with E-state index in [2.05, 4.69) is 14.9 Å². The van der Waals surface area contributed by atoms with Gasteiger partial charge in [-0.1, -0.05) is 0 Å². The van der Waals surface area contributed by atoms with Crippen LogP contribution in [0.4, 0.5) is 0 Å². The molecule has 2 fully saturated rings. The zero-order chi connectivity index (χ0) is 17.3. The Bertz CT molecular complexity index is 662. The van der Waals surface area contributed by atoms with E-state index in [1.165, 1.54) is 4.31 Å². The summed E-state index contributed by atoms with van der Waals surface area (Å²) >= 11 is 0. The third kappa shape index (κ3) is 3.77. The Morgan fingerprint density at radius 2 is 1.92 bits per heavy atom. The molecule has 0 aromatic carbocycles. The molecule has 1 N–H and O–H groups in total. The molecule has 0 amide bonds. The summed E-state index contributed by atoms with van der Waals surface area (Å²) in [6.45, 7) is 2.50. The number of nitrogens with one attached hydrogen (secondary N) is 1. The van der Waals surface area contributed by atoms with Gasteiger partial charge in [0.05, 0.1) is 19.8 Å². The zero-order valence-corrected chi connectivity index (χ0v) is 15.3. The number of nitrogens with zero attached hydrogens (tertiary/aromatic N) is 5. The number of hydrogen-bond donors (Lipinski definition) is 1. The van der Waals surface area contributed by atoms with Crippen LogP contribution < -0.4 is 4.72 Å². The van der Waals surface area contributed by atoms with Gasteiger partial charge in [-0.15, -0.1) is 10.2 Å². The molecule has 0 unspecified atom stereocenters. The molecule has 1 aliphatic heterocycles. The standard InChI is InChI=1S/C14H26N6O3S/c1-18(2)10-13-15-16-14(19(13)3)11-8-12(9-11)17-24(21,22)20-4-6-23-7-5-20/h11-12,17H,4-10H2,1-3H3. The average Bonchev–Trinajstić information content (AvgIpc) is 2.84. The van der Waals surface area contributed by atoms with Crippen molar-refractivity contribution >= 4 is 10.2 Å². The Balaban J connectivity index is 1.55. The predicted octanol–water partition coefficient (Wildman–Crippen LogP) is -0.711. The summed E-state index contributed by atoms with van der Waals surface area (Å²) in [5.74, 6) is 2.12. The van der Waals surface area contributed by atoms with Crippen molar-refractivity contribution in [3.05, 3.63) is 11.6 Å². The fraction of sp³-hybridized carbons (Fsp3) is 0.857. The lowest BCUT2D eigenvalue weighted by Gasteiger charge is -2.36. The first-order valence-corrected chi connectivity index (χ1v) is 9.69. The van der Waals surface area contributed by atoms with Crippen molar-refractivity contribution in [1.29, 1.82) is 0 Å². The third-order valence-electron chi connectivity index (χ3n) is 4.59. The van der Waals surface area contributed by atoms with E-state index in [-0.39, 0.29) is 12.0 Å². The minimum atomic E-state index is -3.42. The SMILES string of the molecule is CN(C)Cc1nnc(C2CC(NS(=O)(=O)N3CCOCC3)C2)n1C. The van der Waals surface area contributed by atoms with E-state index >= 15 is 0 Å². The summed E-state index contributed by atoms with van der Waals surface area (Å²) in [5, 5.41) is 8.54. The fourth-order valence-corrected chi connectivity index (χ4v) is 4.54. The molecule has 24 heavy (non-hydrogen) atoms. The van der Waals surface area contributed by atoms with E-state index in [1.54, 1.807) is 0 Å². The molecule has 1 aromatic heterocycles. The van der Waals surface area contributed by atoms with Crippen LogP contribution in [0.1, 0.15) is 30.4 Å². The first kappa shape index (κ1) is 17.7. The van der Waals surface area contributed by atoms with Gasteiger partial charge in [0.2, 0.25) is 0 Å². The Hall–Kier alpha value is -1.07. The Morgan fingerprint density at radius 3 is 2.54 bits per heavy atom. The van der Waals surface area contributed by atoms with Crippen molar-refractivity contribution in [3.63, 3.8) is 0 Å². The van der Waals surface area contributed by atoms with Gasteiger partial charge in [0, 0.05) is 32.1 Å². The second kappa shape index (κ2) is 7.04. The number of aromatic nitrogens is 3. The average molecular weight is 358 g/mol. The summed E-state index contributed by atoms with van der Waals surface area (Å²) in [6.07, 6.45) is 1.52.